The quantitative estimate of drug-likeness (QED) is 0.845. The standard InChI is InChI=1S/C14H13F2NOS/c1-18-10-3-5-11(6-4-10)19-13-7-2-9(17)8-12(13)14(15)16/h2-8,14H,17H2,1H3. The second-order valence-electron chi connectivity index (χ2n) is 3.88. The van der Waals surface area contributed by atoms with Crippen LogP contribution < -0.4 is 10.5 Å². The van der Waals surface area contributed by atoms with E-state index in [2.05, 4.69) is 0 Å². The Kier molecular flexibility index (Phi) is 4.27. The molecule has 2 aromatic carbocycles. The molecule has 0 radical (unpaired) electrons. The van der Waals surface area contributed by atoms with Crippen LogP contribution in [-0.4, -0.2) is 7.11 Å². The Balaban J connectivity index is 2.26. The van der Waals surface area contributed by atoms with Gasteiger partial charge in [0.05, 0.1) is 7.11 Å². The molecule has 2 nitrogen and oxygen atoms in total. The lowest BCUT2D eigenvalue weighted by Gasteiger charge is -2.09. The minimum atomic E-state index is -2.54. The van der Waals surface area contributed by atoms with Gasteiger partial charge in [-0.15, -0.1) is 0 Å². The number of rotatable bonds is 4. The van der Waals surface area contributed by atoms with Gasteiger partial charge in [0.1, 0.15) is 5.75 Å². The van der Waals surface area contributed by atoms with Crippen molar-refractivity contribution in [1.82, 2.24) is 0 Å². The number of nitrogens with two attached hydrogens (primary N) is 1. The van der Waals surface area contributed by atoms with Crippen molar-refractivity contribution in [1.29, 1.82) is 0 Å². The maximum absolute atomic E-state index is 12.9. The first kappa shape index (κ1) is 13.7. The van der Waals surface area contributed by atoms with Crippen LogP contribution in [0.1, 0.15) is 12.0 Å². The van der Waals surface area contributed by atoms with Gasteiger partial charge in [0.2, 0.25) is 0 Å². The SMILES string of the molecule is COc1ccc(Sc2ccc(N)cc2C(F)F)cc1. The molecule has 0 heterocycles. The van der Waals surface area contributed by atoms with Gasteiger partial charge in [-0.05, 0) is 42.5 Å². The number of hydrogen-bond acceptors (Lipinski definition) is 3. The molecular formula is C14H13F2NOS. The van der Waals surface area contributed by atoms with E-state index in [9.17, 15) is 8.78 Å². The monoisotopic (exact) mass is 281 g/mol. The Morgan fingerprint density at radius 2 is 1.79 bits per heavy atom. The summed E-state index contributed by atoms with van der Waals surface area (Å²) in [6.45, 7) is 0. The lowest BCUT2D eigenvalue weighted by atomic mass is 10.2. The summed E-state index contributed by atoms with van der Waals surface area (Å²) in [7, 11) is 1.58. The Bertz CT molecular complexity index is 558. The van der Waals surface area contributed by atoms with Gasteiger partial charge in [0.25, 0.3) is 6.43 Å². The Hall–Kier alpha value is -1.75. The third kappa shape index (κ3) is 3.38. The van der Waals surface area contributed by atoms with Gasteiger partial charge in [-0.1, -0.05) is 11.8 Å². The van der Waals surface area contributed by atoms with Gasteiger partial charge in [-0.25, -0.2) is 8.78 Å². The van der Waals surface area contributed by atoms with Gasteiger partial charge < -0.3 is 10.5 Å². The van der Waals surface area contributed by atoms with Crippen LogP contribution in [0.25, 0.3) is 0 Å². The van der Waals surface area contributed by atoms with Crippen LogP contribution in [0.2, 0.25) is 0 Å². The maximum atomic E-state index is 12.9. The molecule has 100 valence electrons. The predicted molar refractivity (Wildman–Crippen MR) is 72.9 cm³/mol. The minimum absolute atomic E-state index is 0.0409. The molecule has 0 aliphatic carbocycles. The zero-order valence-electron chi connectivity index (χ0n) is 10.3. The van der Waals surface area contributed by atoms with Crippen molar-refractivity contribution in [2.24, 2.45) is 0 Å². The molecule has 0 saturated carbocycles. The van der Waals surface area contributed by atoms with E-state index in [0.29, 0.717) is 10.6 Å². The second kappa shape index (κ2) is 5.93. The first-order valence-electron chi connectivity index (χ1n) is 5.59. The highest BCUT2D eigenvalue weighted by Crippen LogP contribution is 2.36. The van der Waals surface area contributed by atoms with Crippen LogP contribution in [0.3, 0.4) is 0 Å². The zero-order chi connectivity index (χ0) is 13.8. The summed E-state index contributed by atoms with van der Waals surface area (Å²) in [6.07, 6.45) is -2.54. The first-order valence-corrected chi connectivity index (χ1v) is 6.41. The summed E-state index contributed by atoms with van der Waals surface area (Å²) in [6, 6.07) is 11.8. The summed E-state index contributed by atoms with van der Waals surface area (Å²) in [5.74, 6) is 0.732. The largest absolute Gasteiger partial charge is 0.497 e. The van der Waals surface area contributed by atoms with Gasteiger partial charge in [0.15, 0.2) is 0 Å². The van der Waals surface area contributed by atoms with Crippen molar-refractivity contribution in [2.75, 3.05) is 12.8 Å². The van der Waals surface area contributed by atoms with E-state index in [1.807, 2.05) is 12.1 Å². The molecule has 2 N–H and O–H groups in total. The molecule has 2 aromatic rings. The molecular weight excluding hydrogens is 268 g/mol. The predicted octanol–water partition coefficient (Wildman–Crippen LogP) is 4.37. The van der Waals surface area contributed by atoms with E-state index in [-0.39, 0.29) is 5.56 Å². The van der Waals surface area contributed by atoms with Crippen LogP contribution in [-0.2, 0) is 0 Å². The van der Waals surface area contributed by atoms with Crippen LogP contribution in [0.5, 0.6) is 5.75 Å². The van der Waals surface area contributed by atoms with Crippen LogP contribution in [0.4, 0.5) is 14.5 Å². The molecule has 0 aliphatic rings. The molecule has 0 atom stereocenters. The van der Waals surface area contributed by atoms with Crippen molar-refractivity contribution in [3.05, 3.63) is 48.0 Å². The van der Waals surface area contributed by atoms with E-state index in [1.165, 1.54) is 17.8 Å². The number of alkyl halides is 2. The molecule has 0 fully saturated rings. The molecule has 0 spiro atoms. The Morgan fingerprint density at radius 1 is 1.11 bits per heavy atom. The number of methoxy groups -OCH3 is 1. The molecule has 0 amide bonds. The molecule has 0 bridgehead atoms. The maximum Gasteiger partial charge on any atom is 0.265 e. The molecule has 19 heavy (non-hydrogen) atoms. The van der Waals surface area contributed by atoms with Crippen LogP contribution >= 0.6 is 11.8 Å². The number of anilines is 1. The molecule has 5 heteroatoms. The summed E-state index contributed by atoms with van der Waals surface area (Å²) in [4.78, 5) is 1.38. The van der Waals surface area contributed by atoms with Gasteiger partial charge in [-0.3, -0.25) is 0 Å². The third-order valence-corrected chi connectivity index (χ3v) is 3.66. The van der Waals surface area contributed by atoms with Crippen LogP contribution in [0.15, 0.2) is 52.3 Å². The molecule has 2 rings (SSSR count). The average Bonchev–Trinajstić information content (AvgIpc) is 2.41. The number of nitrogen functional groups attached to an aromatic ring is 1. The van der Waals surface area contributed by atoms with E-state index in [4.69, 9.17) is 10.5 Å². The second-order valence-corrected chi connectivity index (χ2v) is 4.99. The highest BCUT2D eigenvalue weighted by molar-refractivity contribution is 7.99. The van der Waals surface area contributed by atoms with E-state index in [1.54, 1.807) is 31.4 Å². The molecule has 0 aliphatic heterocycles. The summed E-state index contributed by atoms with van der Waals surface area (Å²) in [5, 5.41) is 0. The normalized spacial score (nSPS) is 10.7. The minimum Gasteiger partial charge on any atom is -0.497 e. The smallest absolute Gasteiger partial charge is 0.265 e. The van der Waals surface area contributed by atoms with E-state index >= 15 is 0 Å². The van der Waals surface area contributed by atoms with Crippen LogP contribution in [0, 0.1) is 0 Å². The third-order valence-electron chi connectivity index (χ3n) is 2.56. The first-order chi connectivity index (χ1) is 9.10. The lowest BCUT2D eigenvalue weighted by Crippen LogP contribution is -1.92. The van der Waals surface area contributed by atoms with E-state index in [0.717, 1.165) is 10.6 Å². The van der Waals surface area contributed by atoms with Crippen molar-refractivity contribution in [2.45, 2.75) is 16.2 Å². The van der Waals surface area contributed by atoms with Gasteiger partial charge in [0, 0.05) is 21.0 Å². The fourth-order valence-electron chi connectivity index (χ4n) is 1.60. The summed E-state index contributed by atoms with van der Waals surface area (Å²) >= 11 is 1.28. The average molecular weight is 281 g/mol. The Morgan fingerprint density at radius 3 is 2.37 bits per heavy atom. The van der Waals surface area contributed by atoms with Gasteiger partial charge >= 0.3 is 0 Å². The van der Waals surface area contributed by atoms with Gasteiger partial charge in [-0.2, -0.15) is 0 Å². The summed E-state index contributed by atoms with van der Waals surface area (Å²) < 4.78 is 30.9. The van der Waals surface area contributed by atoms with Crippen molar-refractivity contribution in [3.63, 3.8) is 0 Å². The van der Waals surface area contributed by atoms with Crippen molar-refractivity contribution < 1.29 is 13.5 Å². The number of benzene rings is 2. The summed E-state index contributed by atoms with van der Waals surface area (Å²) in [5.41, 5.74) is 5.84. The molecule has 0 unspecified atom stereocenters. The van der Waals surface area contributed by atoms with E-state index < -0.39 is 6.43 Å². The highest BCUT2D eigenvalue weighted by atomic mass is 32.2. The molecule has 0 saturated heterocycles. The van der Waals surface area contributed by atoms with Crippen molar-refractivity contribution >= 4 is 17.4 Å². The number of hydrogen-bond donors (Lipinski definition) is 1. The number of ether oxygens (including phenoxy) is 1. The Labute approximate surface area is 114 Å². The highest BCUT2D eigenvalue weighted by Gasteiger charge is 2.14. The molecule has 0 aromatic heterocycles. The lowest BCUT2D eigenvalue weighted by molar-refractivity contribution is 0.148. The van der Waals surface area contributed by atoms with Crippen molar-refractivity contribution in [3.8, 4) is 5.75 Å². The topological polar surface area (TPSA) is 35.2 Å². The zero-order valence-corrected chi connectivity index (χ0v) is 11.1. The fraction of sp³-hybridized carbons (Fsp3) is 0.143. The number of halogens is 2. The fourth-order valence-corrected chi connectivity index (χ4v) is 2.53.